The van der Waals surface area contributed by atoms with Gasteiger partial charge in [0, 0.05) is 6.42 Å². The van der Waals surface area contributed by atoms with E-state index in [-0.39, 0.29) is 18.6 Å². The molecule has 3 unspecified atom stereocenters. The van der Waals surface area contributed by atoms with Crippen molar-refractivity contribution in [1.29, 1.82) is 0 Å². The lowest BCUT2D eigenvalue weighted by Crippen LogP contribution is -2.13. The van der Waals surface area contributed by atoms with Gasteiger partial charge in [0.25, 0.3) is 0 Å². The van der Waals surface area contributed by atoms with Crippen LogP contribution in [0.1, 0.15) is 64.7 Å². The van der Waals surface area contributed by atoms with Crippen molar-refractivity contribution in [2.24, 2.45) is 0 Å². The van der Waals surface area contributed by atoms with E-state index in [9.17, 15) is 9.90 Å². The molecule has 0 aliphatic carbocycles. The summed E-state index contributed by atoms with van der Waals surface area (Å²) in [7, 11) is 0. The molecule has 136 valence electrons. The normalized spacial score (nSPS) is 21.9. The molecule has 1 aliphatic heterocycles. The van der Waals surface area contributed by atoms with Gasteiger partial charge in [0.1, 0.15) is 12.2 Å². The third kappa shape index (κ3) is 10.4. The molecule has 1 aliphatic rings. The Hall–Kier alpha value is -1.39. The standard InChI is InChI=1S/C20H32O4/c1-2-3-4-5-9-12-15-18-20(24-18)17(21)14-11-8-6-7-10-13-16-19(22)23/h6-7,9,11-12,14,17-18,20-21H,2-5,8,10,13,15-16H2,1H3,(H,22,23). The molecule has 2 N–H and O–H groups in total. The topological polar surface area (TPSA) is 70.1 Å². The summed E-state index contributed by atoms with van der Waals surface area (Å²) in [6.45, 7) is 2.20. The number of aliphatic hydroxyl groups is 1. The molecule has 1 fully saturated rings. The molecule has 0 bridgehead atoms. The Balaban J connectivity index is 2.04. The van der Waals surface area contributed by atoms with E-state index >= 15 is 0 Å². The first kappa shape index (κ1) is 20.7. The molecule has 0 radical (unpaired) electrons. The van der Waals surface area contributed by atoms with Gasteiger partial charge in [0.15, 0.2) is 0 Å². The highest BCUT2D eigenvalue weighted by atomic mass is 16.6. The first-order valence-corrected chi connectivity index (χ1v) is 9.17. The average Bonchev–Trinajstić information content (AvgIpc) is 3.32. The SMILES string of the molecule is CCCCCC=CCC1OC1C(O)C=CCC=CCCCC(=O)O. The van der Waals surface area contributed by atoms with Gasteiger partial charge in [-0.2, -0.15) is 0 Å². The van der Waals surface area contributed by atoms with Gasteiger partial charge in [-0.25, -0.2) is 0 Å². The predicted molar refractivity (Wildman–Crippen MR) is 97.0 cm³/mol. The van der Waals surface area contributed by atoms with Gasteiger partial charge in [-0.15, -0.1) is 0 Å². The first-order valence-electron chi connectivity index (χ1n) is 9.17. The summed E-state index contributed by atoms with van der Waals surface area (Å²) >= 11 is 0. The third-order valence-corrected chi connectivity index (χ3v) is 4.00. The lowest BCUT2D eigenvalue weighted by molar-refractivity contribution is -0.137. The number of aliphatic hydroxyl groups excluding tert-OH is 1. The van der Waals surface area contributed by atoms with Gasteiger partial charge in [-0.3, -0.25) is 4.79 Å². The summed E-state index contributed by atoms with van der Waals surface area (Å²) < 4.78 is 5.51. The number of epoxide rings is 1. The number of ether oxygens (including phenoxy) is 1. The number of hydrogen-bond acceptors (Lipinski definition) is 3. The Morgan fingerprint density at radius 2 is 1.83 bits per heavy atom. The van der Waals surface area contributed by atoms with Gasteiger partial charge in [0.2, 0.25) is 0 Å². The Kier molecular flexibility index (Phi) is 11.2. The molecular weight excluding hydrogens is 304 g/mol. The predicted octanol–water partition coefficient (Wildman–Crippen LogP) is 4.40. The summed E-state index contributed by atoms with van der Waals surface area (Å²) in [6.07, 6.45) is 19.8. The van der Waals surface area contributed by atoms with E-state index in [4.69, 9.17) is 9.84 Å². The molecule has 0 aromatic carbocycles. The largest absolute Gasteiger partial charge is 0.481 e. The number of carboxylic acid groups (broad SMARTS) is 1. The third-order valence-electron chi connectivity index (χ3n) is 4.00. The maximum Gasteiger partial charge on any atom is 0.303 e. The monoisotopic (exact) mass is 336 g/mol. The van der Waals surface area contributed by atoms with Crippen molar-refractivity contribution in [2.75, 3.05) is 0 Å². The summed E-state index contributed by atoms with van der Waals surface area (Å²) in [4.78, 5) is 10.4. The molecule has 0 amide bonds. The van der Waals surface area contributed by atoms with Gasteiger partial charge in [-0.1, -0.05) is 56.2 Å². The minimum Gasteiger partial charge on any atom is -0.481 e. The molecular formula is C20H32O4. The molecule has 0 aromatic rings. The van der Waals surface area contributed by atoms with Crippen molar-refractivity contribution < 1.29 is 19.7 Å². The van der Waals surface area contributed by atoms with Crippen LogP contribution in [0.4, 0.5) is 0 Å². The number of hydrogen-bond donors (Lipinski definition) is 2. The van der Waals surface area contributed by atoms with Crippen LogP contribution >= 0.6 is 0 Å². The fourth-order valence-corrected chi connectivity index (χ4v) is 2.50. The Bertz CT molecular complexity index is 425. The van der Waals surface area contributed by atoms with Crippen molar-refractivity contribution in [3.8, 4) is 0 Å². The van der Waals surface area contributed by atoms with Crippen LogP contribution in [0.3, 0.4) is 0 Å². The molecule has 24 heavy (non-hydrogen) atoms. The minimum absolute atomic E-state index is 0.0684. The number of aliphatic carboxylic acids is 1. The summed E-state index contributed by atoms with van der Waals surface area (Å²) in [5.41, 5.74) is 0. The maximum atomic E-state index is 10.4. The van der Waals surface area contributed by atoms with Crippen molar-refractivity contribution in [3.05, 3.63) is 36.5 Å². The Morgan fingerprint density at radius 1 is 1.08 bits per heavy atom. The van der Waals surface area contributed by atoms with Crippen molar-refractivity contribution in [3.63, 3.8) is 0 Å². The molecule has 1 saturated heterocycles. The van der Waals surface area contributed by atoms with E-state index in [0.29, 0.717) is 6.42 Å². The minimum atomic E-state index is -0.749. The van der Waals surface area contributed by atoms with E-state index < -0.39 is 12.1 Å². The number of allylic oxidation sites excluding steroid dienone is 4. The van der Waals surface area contributed by atoms with Crippen LogP contribution in [0.25, 0.3) is 0 Å². The van der Waals surface area contributed by atoms with Crippen LogP contribution in [0.15, 0.2) is 36.5 Å². The van der Waals surface area contributed by atoms with Crippen molar-refractivity contribution >= 4 is 5.97 Å². The molecule has 1 rings (SSSR count). The molecule has 4 heteroatoms. The highest BCUT2D eigenvalue weighted by Crippen LogP contribution is 2.29. The van der Waals surface area contributed by atoms with E-state index in [0.717, 1.165) is 25.7 Å². The van der Waals surface area contributed by atoms with Crippen LogP contribution in [0, 0.1) is 0 Å². The van der Waals surface area contributed by atoms with Crippen LogP contribution in [0.2, 0.25) is 0 Å². The summed E-state index contributed by atoms with van der Waals surface area (Å²) in [5, 5.41) is 18.5. The van der Waals surface area contributed by atoms with Gasteiger partial charge < -0.3 is 14.9 Å². The fraction of sp³-hybridized carbons (Fsp3) is 0.650. The second kappa shape index (κ2) is 13.0. The number of rotatable bonds is 14. The summed E-state index contributed by atoms with van der Waals surface area (Å²) in [5.74, 6) is -0.749. The van der Waals surface area contributed by atoms with E-state index in [1.54, 1.807) is 6.08 Å². The highest BCUT2D eigenvalue weighted by molar-refractivity contribution is 5.66. The summed E-state index contributed by atoms with van der Waals surface area (Å²) in [6, 6.07) is 0. The van der Waals surface area contributed by atoms with Gasteiger partial charge in [-0.05, 0) is 38.5 Å². The highest BCUT2D eigenvalue weighted by Gasteiger charge is 2.42. The van der Waals surface area contributed by atoms with Crippen LogP contribution < -0.4 is 0 Å². The quantitative estimate of drug-likeness (QED) is 0.280. The molecule has 0 aromatic heterocycles. The fourth-order valence-electron chi connectivity index (χ4n) is 2.50. The number of carboxylic acids is 1. The van der Waals surface area contributed by atoms with Crippen LogP contribution in [-0.4, -0.2) is 34.5 Å². The zero-order chi connectivity index (χ0) is 17.6. The molecule has 4 nitrogen and oxygen atoms in total. The van der Waals surface area contributed by atoms with Crippen LogP contribution in [-0.2, 0) is 9.53 Å². The first-order chi connectivity index (χ1) is 11.6. The zero-order valence-electron chi connectivity index (χ0n) is 14.8. The van der Waals surface area contributed by atoms with Crippen molar-refractivity contribution in [2.45, 2.75) is 83.0 Å². The van der Waals surface area contributed by atoms with Crippen LogP contribution in [0.5, 0.6) is 0 Å². The number of carbonyl (C=O) groups is 1. The Labute approximate surface area is 145 Å². The van der Waals surface area contributed by atoms with E-state index in [2.05, 4.69) is 19.1 Å². The molecule has 3 atom stereocenters. The molecule has 0 saturated carbocycles. The Morgan fingerprint density at radius 3 is 2.58 bits per heavy atom. The molecule has 0 spiro atoms. The van der Waals surface area contributed by atoms with E-state index in [1.807, 2.05) is 18.2 Å². The zero-order valence-corrected chi connectivity index (χ0v) is 14.8. The second-order valence-electron chi connectivity index (χ2n) is 6.25. The smallest absolute Gasteiger partial charge is 0.303 e. The van der Waals surface area contributed by atoms with E-state index in [1.165, 1.54) is 19.3 Å². The molecule has 1 heterocycles. The average molecular weight is 336 g/mol. The lowest BCUT2D eigenvalue weighted by atomic mass is 10.1. The number of unbranched alkanes of at least 4 members (excludes halogenated alkanes) is 4. The second-order valence-corrected chi connectivity index (χ2v) is 6.25. The van der Waals surface area contributed by atoms with Gasteiger partial charge >= 0.3 is 5.97 Å². The van der Waals surface area contributed by atoms with Gasteiger partial charge in [0.05, 0.1) is 6.10 Å². The lowest BCUT2D eigenvalue weighted by Gasteiger charge is -1.99. The maximum absolute atomic E-state index is 10.4. The van der Waals surface area contributed by atoms with Crippen molar-refractivity contribution in [1.82, 2.24) is 0 Å².